The molecule has 1 heterocycles. The molecule has 0 amide bonds. The molecule has 0 N–H and O–H groups in total. The van der Waals surface area contributed by atoms with Crippen LogP contribution in [0.5, 0.6) is 0 Å². The van der Waals surface area contributed by atoms with Crippen molar-refractivity contribution in [2.24, 2.45) is 10.9 Å². The van der Waals surface area contributed by atoms with Crippen LogP contribution in [0.1, 0.15) is 17.3 Å². The second-order valence-corrected chi connectivity index (χ2v) is 4.04. The maximum atomic E-state index is 13.5. The molecular formula is C10H7BrFNO. The van der Waals surface area contributed by atoms with Crippen molar-refractivity contribution in [2.75, 3.05) is 0 Å². The molecule has 1 aliphatic heterocycles. The molecule has 2 nitrogen and oxygen atoms in total. The van der Waals surface area contributed by atoms with Gasteiger partial charge in [-0.1, -0.05) is 6.92 Å². The molecule has 0 saturated carbocycles. The summed E-state index contributed by atoms with van der Waals surface area (Å²) in [4.78, 5) is 15.5. The highest BCUT2D eigenvalue weighted by Gasteiger charge is 2.24. The number of benzene rings is 1. The third-order valence-electron chi connectivity index (χ3n) is 2.18. The summed E-state index contributed by atoms with van der Waals surface area (Å²) in [5.41, 5.74) is 0.503. The number of carbonyl (C=O) groups excluding carboxylic acids is 1. The van der Waals surface area contributed by atoms with Gasteiger partial charge < -0.3 is 0 Å². The maximum absolute atomic E-state index is 13.5. The van der Waals surface area contributed by atoms with Crippen molar-refractivity contribution in [1.29, 1.82) is 0 Å². The fraction of sp³-hybridized carbons (Fsp3) is 0.200. The highest BCUT2D eigenvalue weighted by molar-refractivity contribution is 9.10. The van der Waals surface area contributed by atoms with E-state index >= 15 is 0 Å². The third-order valence-corrected chi connectivity index (χ3v) is 2.79. The van der Waals surface area contributed by atoms with Crippen LogP contribution >= 0.6 is 15.9 Å². The van der Waals surface area contributed by atoms with Gasteiger partial charge in [-0.3, -0.25) is 9.79 Å². The third kappa shape index (κ3) is 1.30. The summed E-state index contributed by atoms with van der Waals surface area (Å²) in [6.07, 6.45) is 1.47. The topological polar surface area (TPSA) is 29.4 Å². The molecule has 1 aromatic rings. The quantitative estimate of drug-likeness (QED) is 0.701. The molecule has 0 saturated heterocycles. The summed E-state index contributed by atoms with van der Waals surface area (Å²) in [5.74, 6) is -0.816. The van der Waals surface area contributed by atoms with Crippen LogP contribution < -0.4 is 0 Å². The van der Waals surface area contributed by atoms with Crippen molar-refractivity contribution in [3.63, 3.8) is 0 Å². The van der Waals surface area contributed by atoms with Gasteiger partial charge in [0.25, 0.3) is 0 Å². The lowest BCUT2D eigenvalue weighted by molar-refractivity contribution is 0.0962. The summed E-state index contributed by atoms with van der Waals surface area (Å²) in [6.45, 7) is 1.74. The number of fused-ring (bicyclic) bond motifs is 1. The van der Waals surface area contributed by atoms with Gasteiger partial charge in [0.2, 0.25) is 0 Å². The van der Waals surface area contributed by atoms with E-state index in [4.69, 9.17) is 0 Å². The Morgan fingerprint density at radius 1 is 1.50 bits per heavy atom. The fourth-order valence-corrected chi connectivity index (χ4v) is 1.68. The number of carbonyl (C=O) groups is 1. The Bertz CT molecular complexity index is 442. The van der Waals surface area contributed by atoms with Gasteiger partial charge >= 0.3 is 0 Å². The molecule has 0 spiro atoms. The van der Waals surface area contributed by atoms with Gasteiger partial charge in [-0.15, -0.1) is 0 Å². The van der Waals surface area contributed by atoms with Crippen LogP contribution in [0.4, 0.5) is 10.1 Å². The molecule has 0 radical (unpaired) electrons. The van der Waals surface area contributed by atoms with E-state index in [0.29, 0.717) is 10.0 Å². The molecule has 1 aromatic carbocycles. The number of aliphatic imine (C=N–C) groups is 1. The van der Waals surface area contributed by atoms with Crippen LogP contribution in [0.15, 0.2) is 21.6 Å². The Morgan fingerprint density at radius 2 is 2.21 bits per heavy atom. The Balaban J connectivity index is 2.68. The van der Waals surface area contributed by atoms with Gasteiger partial charge in [-0.05, 0) is 28.1 Å². The van der Waals surface area contributed by atoms with E-state index < -0.39 is 5.82 Å². The first-order chi connectivity index (χ1) is 6.61. The fourth-order valence-electron chi connectivity index (χ4n) is 1.36. The number of hydrogen-bond donors (Lipinski definition) is 0. The van der Waals surface area contributed by atoms with Crippen LogP contribution in [0.2, 0.25) is 0 Å². The highest BCUT2D eigenvalue weighted by atomic mass is 79.9. The zero-order chi connectivity index (χ0) is 10.3. The summed E-state index contributed by atoms with van der Waals surface area (Å²) in [6, 6.07) is 3.12. The van der Waals surface area contributed by atoms with Gasteiger partial charge in [-0.25, -0.2) is 4.39 Å². The van der Waals surface area contributed by atoms with E-state index in [2.05, 4.69) is 20.9 Å². The van der Waals surface area contributed by atoms with E-state index in [9.17, 15) is 9.18 Å². The van der Waals surface area contributed by atoms with Crippen LogP contribution in [-0.2, 0) is 0 Å². The predicted molar refractivity (Wildman–Crippen MR) is 55.7 cm³/mol. The summed E-state index contributed by atoms with van der Waals surface area (Å²) in [5, 5.41) is 0. The smallest absolute Gasteiger partial charge is 0.173 e. The molecule has 4 heteroatoms. The lowest BCUT2D eigenvalue weighted by atomic mass is 9.96. The Hall–Kier alpha value is -1.03. The van der Waals surface area contributed by atoms with Gasteiger partial charge in [0.05, 0.1) is 10.4 Å². The predicted octanol–water partition coefficient (Wildman–Crippen LogP) is 3.12. The number of halogens is 2. The van der Waals surface area contributed by atoms with Crippen molar-refractivity contribution in [1.82, 2.24) is 0 Å². The first-order valence-electron chi connectivity index (χ1n) is 4.17. The second-order valence-electron chi connectivity index (χ2n) is 3.19. The lowest BCUT2D eigenvalue weighted by Gasteiger charge is -2.14. The SMILES string of the molecule is CC1C=Nc2c(ccc(Br)c2F)C1=O. The van der Waals surface area contributed by atoms with E-state index in [1.165, 1.54) is 12.3 Å². The Morgan fingerprint density at radius 3 is 2.93 bits per heavy atom. The molecule has 0 aliphatic carbocycles. The molecule has 1 atom stereocenters. The van der Waals surface area contributed by atoms with E-state index in [0.717, 1.165) is 0 Å². The lowest BCUT2D eigenvalue weighted by Crippen LogP contribution is -2.16. The second kappa shape index (κ2) is 3.28. The number of hydrogen-bond acceptors (Lipinski definition) is 2. The summed E-state index contributed by atoms with van der Waals surface area (Å²) in [7, 11) is 0. The summed E-state index contributed by atoms with van der Waals surface area (Å²) >= 11 is 3.05. The normalized spacial score (nSPS) is 19.6. The number of nitrogens with zero attached hydrogens (tertiary/aromatic N) is 1. The number of ketones is 1. The monoisotopic (exact) mass is 255 g/mol. The van der Waals surface area contributed by atoms with Crippen molar-refractivity contribution in [3.05, 3.63) is 28.0 Å². The van der Waals surface area contributed by atoms with Crippen molar-refractivity contribution >= 4 is 33.6 Å². The largest absolute Gasteiger partial charge is 0.293 e. The van der Waals surface area contributed by atoms with Gasteiger partial charge in [0, 0.05) is 11.8 Å². The average molecular weight is 256 g/mol. The molecule has 1 aliphatic rings. The van der Waals surface area contributed by atoms with Crippen LogP contribution in [0.25, 0.3) is 0 Å². The number of Topliss-reactive ketones (excluding diaryl/α,β-unsaturated/α-hetero) is 1. The minimum Gasteiger partial charge on any atom is -0.293 e. The summed E-state index contributed by atoms with van der Waals surface area (Å²) < 4.78 is 13.8. The molecule has 0 aromatic heterocycles. The average Bonchev–Trinajstić information content (AvgIpc) is 2.17. The molecule has 1 unspecified atom stereocenters. The zero-order valence-corrected chi connectivity index (χ0v) is 9.01. The van der Waals surface area contributed by atoms with Gasteiger partial charge in [0.15, 0.2) is 11.6 Å². The first-order valence-corrected chi connectivity index (χ1v) is 4.97. The van der Waals surface area contributed by atoms with E-state index in [1.807, 2.05) is 0 Å². The highest BCUT2D eigenvalue weighted by Crippen LogP contribution is 2.33. The van der Waals surface area contributed by atoms with Crippen LogP contribution in [0.3, 0.4) is 0 Å². The van der Waals surface area contributed by atoms with Crippen molar-refractivity contribution in [3.8, 4) is 0 Å². The standard InChI is InChI=1S/C10H7BrFNO/c1-5-4-13-9-6(10(5)14)2-3-7(11)8(9)12/h2-5H,1H3. The Labute approximate surface area is 89.0 Å². The zero-order valence-electron chi connectivity index (χ0n) is 7.42. The molecule has 0 fully saturated rings. The maximum Gasteiger partial charge on any atom is 0.173 e. The minimum atomic E-state index is -0.473. The molecule has 72 valence electrons. The van der Waals surface area contributed by atoms with Crippen molar-refractivity contribution < 1.29 is 9.18 Å². The van der Waals surface area contributed by atoms with Gasteiger partial charge in [0.1, 0.15) is 5.69 Å². The van der Waals surface area contributed by atoms with E-state index in [-0.39, 0.29) is 17.4 Å². The first kappa shape index (κ1) is 9.52. The van der Waals surface area contributed by atoms with Crippen molar-refractivity contribution in [2.45, 2.75) is 6.92 Å². The number of rotatable bonds is 0. The molecule has 0 bridgehead atoms. The Kier molecular flexibility index (Phi) is 2.23. The molecule has 2 rings (SSSR count). The van der Waals surface area contributed by atoms with Crippen LogP contribution in [0, 0.1) is 11.7 Å². The molecular weight excluding hydrogens is 249 g/mol. The minimum absolute atomic E-state index is 0.0820. The van der Waals surface area contributed by atoms with Crippen LogP contribution in [-0.4, -0.2) is 12.0 Å². The van der Waals surface area contributed by atoms with E-state index in [1.54, 1.807) is 13.0 Å². The van der Waals surface area contributed by atoms with Gasteiger partial charge in [-0.2, -0.15) is 0 Å². The molecule has 14 heavy (non-hydrogen) atoms.